The second-order valence-electron chi connectivity index (χ2n) is 5.30. The fourth-order valence-electron chi connectivity index (χ4n) is 2.83. The Morgan fingerprint density at radius 3 is 2.90 bits per heavy atom. The van der Waals surface area contributed by atoms with Crippen molar-refractivity contribution in [3.8, 4) is 0 Å². The van der Waals surface area contributed by atoms with Gasteiger partial charge in [0, 0.05) is 30.2 Å². The lowest BCUT2D eigenvalue weighted by Gasteiger charge is -2.26. The molecule has 1 N–H and O–H groups in total. The van der Waals surface area contributed by atoms with Gasteiger partial charge in [0.25, 0.3) is 0 Å². The van der Waals surface area contributed by atoms with E-state index in [-0.39, 0.29) is 5.78 Å². The van der Waals surface area contributed by atoms with Crippen LogP contribution in [-0.4, -0.2) is 28.4 Å². The molecule has 2 aromatic rings. The van der Waals surface area contributed by atoms with E-state index in [9.17, 15) is 4.79 Å². The van der Waals surface area contributed by atoms with E-state index in [0.717, 1.165) is 37.2 Å². The zero-order valence-corrected chi connectivity index (χ0v) is 11.7. The van der Waals surface area contributed by atoms with Crippen LogP contribution in [0.1, 0.15) is 40.5 Å². The number of nitrogens with one attached hydrogen (secondary N) is 1. The van der Waals surface area contributed by atoms with Gasteiger partial charge < -0.3 is 9.88 Å². The van der Waals surface area contributed by atoms with Gasteiger partial charge >= 0.3 is 0 Å². The first-order valence-corrected chi connectivity index (χ1v) is 7.10. The Balaban J connectivity index is 1.93. The number of aryl methyl sites for hydroxylation is 1. The zero-order valence-electron chi connectivity index (χ0n) is 11.7. The molecular weight excluding hydrogens is 250 g/mol. The predicted molar refractivity (Wildman–Crippen MR) is 78.0 cm³/mol. The van der Waals surface area contributed by atoms with E-state index in [2.05, 4.69) is 14.9 Å². The average molecular weight is 269 g/mol. The van der Waals surface area contributed by atoms with E-state index in [1.54, 1.807) is 12.4 Å². The number of pyridine rings is 1. The maximum absolute atomic E-state index is 12.7. The first-order chi connectivity index (χ1) is 9.77. The van der Waals surface area contributed by atoms with Crippen molar-refractivity contribution in [3.63, 3.8) is 0 Å². The molecule has 0 radical (unpaired) electrons. The number of aromatic nitrogens is 2. The molecule has 0 amide bonds. The Morgan fingerprint density at radius 2 is 2.15 bits per heavy atom. The molecule has 1 aliphatic rings. The summed E-state index contributed by atoms with van der Waals surface area (Å²) in [4.78, 5) is 16.8. The van der Waals surface area contributed by atoms with Crippen LogP contribution in [0.3, 0.4) is 0 Å². The monoisotopic (exact) mass is 269 g/mol. The Bertz CT molecular complexity index is 612. The summed E-state index contributed by atoms with van der Waals surface area (Å²) < 4.78 is 2.13. The molecule has 0 atom stereocenters. The molecule has 3 heterocycles. The summed E-state index contributed by atoms with van der Waals surface area (Å²) in [5, 5.41) is 3.36. The number of ketones is 1. The lowest BCUT2D eigenvalue weighted by atomic mass is 10.0. The number of hydrogen-bond donors (Lipinski definition) is 1. The highest BCUT2D eigenvalue weighted by molar-refractivity contribution is 6.08. The Kier molecular flexibility index (Phi) is 3.65. The third kappa shape index (κ3) is 2.39. The van der Waals surface area contributed by atoms with E-state index < -0.39 is 0 Å². The number of carbonyl (C=O) groups excluding carboxylic acids is 1. The highest BCUT2D eigenvalue weighted by Crippen LogP contribution is 2.23. The van der Waals surface area contributed by atoms with Crippen LogP contribution in [0.4, 0.5) is 0 Å². The van der Waals surface area contributed by atoms with Crippen LogP contribution >= 0.6 is 0 Å². The maximum atomic E-state index is 12.7. The normalized spacial score (nSPS) is 16.2. The van der Waals surface area contributed by atoms with Gasteiger partial charge in [-0.3, -0.25) is 9.78 Å². The molecule has 0 saturated carbocycles. The number of carbonyl (C=O) groups is 1. The second kappa shape index (κ2) is 5.59. The maximum Gasteiger partial charge on any atom is 0.211 e. The highest BCUT2D eigenvalue weighted by Gasteiger charge is 2.21. The Hall–Kier alpha value is -1.94. The number of hydrogen-bond acceptors (Lipinski definition) is 3. The predicted octanol–water partition coefficient (Wildman–Crippen LogP) is 2.35. The summed E-state index contributed by atoms with van der Waals surface area (Å²) in [5.74, 6) is 0.0686. The molecule has 0 aliphatic carbocycles. The molecular formula is C16H19N3O. The molecule has 20 heavy (non-hydrogen) atoms. The summed E-state index contributed by atoms with van der Waals surface area (Å²) >= 11 is 0. The molecule has 0 unspecified atom stereocenters. The van der Waals surface area contributed by atoms with Gasteiger partial charge in [-0.25, -0.2) is 0 Å². The van der Waals surface area contributed by atoms with Gasteiger partial charge in [0.1, 0.15) is 0 Å². The van der Waals surface area contributed by atoms with Gasteiger partial charge in [0.15, 0.2) is 0 Å². The lowest BCUT2D eigenvalue weighted by Crippen LogP contribution is -2.30. The third-order valence-electron chi connectivity index (χ3n) is 4.00. The quantitative estimate of drug-likeness (QED) is 0.870. The molecule has 2 aromatic heterocycles. The molecule has 0 spiro atoms. The standard InChI is InChI=1S/C16H19N3O/c1-12-4-7-18-11-14(12)16(20)15-3-2-10-19(15)13-5-8-17-9-6-13/h2-4,7,10-11,13,17H,5-6,8-9H2,1H3. The van der Waals surface area contributed by atoms with Crippen molar-refractivity contribution in [2.45, 2.75) is 25.8 Å². The fourth-order valence-corrected chi connectivity index (χ4v) is 2.83. The molecule has 0 aromatic carbocycles. The van der Waals surface area contributed by atoms with Crippen LogP contribution in [0.2, 0.25) is 0 Å². The first-order valence-electron chi connectivity index (χ1n) is 7.10. The topological polar surface area (TPSA) is 46.9 Å². The second-order valence-corrected chi connectivity index (χ2v) is 5.30. The summed E-state index contributed by atoms with van der Waals surface area (Å²) in [6, 6.07) is 6.17. The molecule has 104 valence electrons. The van der Waals surface area contributed by atoms with Crippen LogP contribution in [-0.2, 0) is 0 Å². The Labute approximate surface area is 118 Å². The van der Waals surface area contributed by atoms with Crippen LogP contribution in [0.15, 0.2) is 36.8 Å². The van der Waals surface area contributed by atoms with E-state index in [1.807, 2.05) is 31.3 Å². The van der Waals surface area contributed by atoms with Gasteiger partial charge in [-0.05, 0) is 56.6 Å². The molecule has 0 bridgehead atoms. The van der Waals surface area contributed by atoms with Crippen molar-refractivity contribution in [2.24, 2.45) is 0 Å². The van der Waals surface area contributed by atoms with E-state index in [4.69, 9.17) is 0 Å². The first kappa shape index (κ1) is 13.1. The molecule has 4 heteroatoms. The van der Waals surface area contributed by atoms with E-state index >= 15 is 0 Å². The minimum atomic E-state index is 0.0686. The van der Waals surface area contributed by atoms with Gasteiger partial charge in [-0.2, -0.15) is 0 Å². The van der Waals surface area contributed by atoms with Crippen molar-refractivity contribution < 1.29 is 4.79 Å². The molecule has 1 fully saturated rings. The van der Waals surface area contributed by atoms with Crippen molar-refractivity contribution >= 4 is 5.78 Å². The van der Waals surface area contributed by atoms with Crippen molar-refractivity contribution in [3.05, 3.63) is 53.6 Å². The van der Waals surface area contributed by atoms with Gasteiger partial charge in [0.2, 0.25) is 5.78 Å². The molecule has 1 saturated heterocycles. The van der Waals surface area contributed by atoms with Crippen LogP contribution < -0.4 is 5.32 Å². The summed E-state index contributed by atoms with van der Waals surface area (Å²) in [6.45, 7) is 3.98. The molecule has 4 nitrogen and oxygen atoms in total. The van der Waals surface area contributed by atoms with Gasteiger partial charge in [-0.1, -0.05) is 0 Å². The third-order valence-corrected chi connectivity index (χ3v) is 4.00. The summed E-state index contributed by atoms with van der Waals surface area (Å²) in [5.41, 5.74) is 2.44. The molecule has 3 rings (SSSR count). The number of rotatable bonds is 3. The zero-order chi connectivity index (χ0) is 13.9. The van der Waals surface area contributed by atoms with Gasteiger partial charge in [0.05, 0.1) is 5.69 Å². The van der Waals surface area contributed by atoms with Crippen molar-refractivity contribution in [1.29, 1.82) is 0 Å². The largest absolute Gasteiger partial charge is 0.342 e. The fraction of sp³-hybridized carbons (Fsp3) is 0.375. The average Bonchev–Trinajstić information content (AvgIpc) is 2.97. The minimum absolute atomic E-state index is 0.0686. The summed E-state index contributed by atoms with van der Waals surface area (Å²) in [7, 11) is 0. The van der Waals surface area contributed by atoms with Crippen LogP contribution in [0.25, 0.3) is 0 Å². The van der Waals surface area contributed by atoms with Crippen LogP contribution in [0, 0.1) is 6.92 Å². The minimum Gasteiger partial charge on any atom is -0.342 e. The van der Waals surface area contributed by atoms with Crippen LogP contribution in [0.5, 0.6) is 0 Å². The van der Waals surface area contributed by atoms with Crippen molar-refractivity contribution in [1.82, 2.24) is 14.9 Å². The lowest BCUT2D eigenvalue weighted by molar-refractivity contribution is 0.102. The number of nitrogens with zero attached hydrogens (tertiary/aromatic N) is 2. The number of piperidine rings is 1. The smallest absolute Gasteiger partial charge is 0.211 e. The Morgan fingerprint density at radius 1 is 1.35 bits per heavy atom. The van der Waals surface area contributed by atoms with Crippen molar-refractivity contribution in [2.75, 3.05) is 13.1 Å². The van der Waals surface area contributed by atoms with Gasteiger partial charge in [-0.15, -0.1) is 0 Å². The summed E-state index contributed by atoms with van der Waals surface area (Å²) in [6.07, 6.45) is 7.55. The SMILES string of the molecule is Cc1ccncc1C(=O)c1cccn1C1CCNCC1. The van der Waals surface area contributed by atoms with E-state index in [1.165, 1.54) is 0 Å². The molecule has 1 aliphatic heterocycles. The highest BCUT2D eigenvalue weighted by atomic mass is 16.1. The van der Waals surface area contributed by atoms with E-state index in [0.29, 0.717) is 11.6 Å².